The van der Waals surface area contributed by atoms with Gasteiger partial charge >= 0.3 is 0 Å². The SMILES string of the molecule is CSCCC(=O)N1CCC[C@H](C(=O)c2ccc(-c3ccccc3)cc2)C1. The Bertz CT molecular complexity index is 742. The van der Waals surface area contributed by atoms with Crippen molar-refractivity contribution in [2.45, 2.75) is 19.3 Å². The standard InChI is InChI=1S/C22H25NO2S/c1-26-15-13-21(24)23-14-5-8-20(16-23)22(25)19-11-9-18(10-12-19)17-6-3-2-4-7-17/h2-4,6-7,9-12,20H,5,8,13-16H2,1H3/t20-/m0/s1. The number of thioether (sulfide) groups is 1. The zero-order chi connectivity index (χ0) is 18.4. The Hall–Kier alpha value is -2.07. The van der Waals surface area contributed by atoms with Gasteiger partial charge in [-0.05, 0) is 30.2 Å². The molecule has 1 aliphatic rings. The highest BCUT2D eigenvalue weighted by Crippen LogP contribution is 2.24. The Morgan fingerprint density at radius 2 is 1.73 bits per heavy atom. The van der Waals surface area contributed by atoms with E-state index in [0.29, 0.717) is 13.0 Å². The second-order valence-corrected chi connectivity index (χ2v) is 7.71. The number of carbonyl (C=O) groups is 2. The highest BCUT2D eigenvalue weighted by Gasteiger charge is 2.28. The summed E-state index contributed by atoms with van der Waals surface area (Å²) in [6, 6.07) is 18.0. The summed E-state index contributed by atoms with van der Waals surface area (Å²) in [6.07, 6.45) is 4.35. The van der Waals surface area contributed by atoms with Crippen molar-refractivity contribution in [3.63, 3.8) is 0 Å². The fourth-order valence-electron chi connectivity index (χ4n) is 3.46. The van der Waals surface area contributed by atoms with Gasteiger partial charge in [0.15, 0.2) is 5.78 Å². The molecule has 1 amide bonds. The molecule has 0 unspecified atom stereocenters. The van der Waals surface area contributed by atoms with E-state index in [-0.39, 0.29) is 17.6 Å². The maximum Gasteiger partial charge on any atom is 0.223 e. The lowest BCUT2D eigenvalue weighted by atomic mass is 9.89. The van der Waals surface area contributed by atoms with Gasteiger partial charge in [0.25, 0.3) is 0 Å². The lowest BCUT2D eigenvalue weighted by molar-refractivity contribution is -0.132. The van der Waals surface area contributed by atoms with Crippen LogP contribution in [0.3, 0.4) is 0 Å². The summed E-state index contributed by atoms with van der Waals surface area (Å²) in [6.45, 7) is 1.34. The van der Waals surface area contributed by atoms with Crippen molar-refractivity contribution in [1.82, 2.24) is 4.90 Å². The number of amides is 1. The first-order valence-electron chi connectivity index (χ1n) is 9.15. The summed E-state index contributed by atoms with van der Waals surface area (Å²) in [5.74, 6) is 1.10. The molecule has 1 fully saturated rings. The van der Waals surface area contributed by atoms with Gasteiger partial charge in [-0.2, -0.15) is 11.8 Å². The van der Waals surface area contributed by atoms with E-state index in [4.69, 9.17) is 0 Å². The normalized spacial score (nSPS) is 17.1. The Morgan fingerprint density at radius 1 is 1.04 bits per heavy atom. The summed E-state index contributed by atoms with van der Waals surface area (Å²) in [4.78, 5) is 27.0. The molecule has 1 saturated heterocycles. The molecule has 3 nitrogen and oxygen atoms in total. The Labute approximate surface area is 159 Å². The van der Waals surface area contributed by atoms with E-state index >= 15 is 0 Å². The average molecular weight is 368 g/mol. The third-order valence-corrected chi connectivity index (χ3v) is 5.55. The van der Waals surface area contributed by atoms with Crippen molar-refractivity contribution in [3.05, 3.63) is 60.2 Å². The van der Waals surface area contributed by atoms with Crippen molar-refractivity contribution in [3.8, 4) is 11.1 Å². The number of rotatable bonds is 6. The molecule has 3 rings (SSSR count). The van der Waals surface area contributed by atoms with E-state index in [9.17, 15) is 9.59 Å². The quantitative estimate of drug-likeness (QED) is 0.704. The molecule has 2 aromatic carbocycles. The topological polar surface area (TPSA) is 37.4 Å². The first kappa shape index (κ1) is 18.7. The molecule has 1 atom stereocenters. The number of Topliss-reactive ketones (excluding diaryl/α,β-unsaturated/α-hetero) is 1. The van der Waals surface area contributed by atoms with Gasteiger partial charge in [-0.15, -0.1) is 0 Å². The smallest absolute Gasteiger partial charge is 0.223 e. The molecule has 26 heavy (non-hydrogen) atoms. The predicted molar refractivity (Wildman–Crippen MR) is 109 cm³/mol. The zero-order valence-electron chi connectivity index (χ0n) is 15.2. The van der Waals surface area contributed by atoms with Crippen LogP contribution in [0, 0.1) is 5.92 Å². The van der Waals surface area contributed by atoms with Crippen LogP contribution in [0.1, 0.15) is 29.6 Å². The molecule has 0 N–H and O–H groups in total. The molecule has 1 aliphatic heterocycles. The van der Waals surface area contributed by atoms with Gasteiger partial charge in [0, 0.05) is 36.7 Å². The Kier molecular flexibility index (Phi) is 6.51. The third kappa shape index (κ3) is 4.55. The number of benzene rings is 2. The molecule has 0 aliphatic carbocycles. The molecule has 4 heteroatoms. The molecule has 1 heterocycles. The van der Waals surface area contributed by atoms with Crippen LogP contribution in [0.25, 0.3) is 11.1 Å². The van der Waals surface area contributed by atoms with Gasteiger partial charge in [0.05, 0.1) is 0 Å². The number of likely N-dealkylation sites (tertiary alicyclic amines) is 1. The number of hydrogen-bond donors (Lipinski definition) is 0. The minimum Gasteiger partial charge on any atom is -0.342 e. The summed E-state index contributed by atoms with van der Waals surface area (Å²) in [5.41, 5.74) is 3.00. The first-order valence-corrected chi connectivity index (χ1v) is 10.5. The second kappa shape index (κ2) is 9.04. The maximum atomic E-state index is 12.9. The average Bonchev–Trinajstić information content (AvgIpc) is 2.72. The van der Waals surface area contributed by atoms with Crippen molar-refractivity contribution in [2.75, 3.05) is 25.1 Å². The predicted octanol–water partition coefficient (Wildman–Crippen LogP) is 4.53. The molecule has 0 bridgehead atoms. The minimum absolute atomic E-state index is 0.0791. The molecule has 2 aromatic rings. The van der Waals surface area contributed by atoms with Gasteiger partial charge in [-0.3, -0.25) is 9.59 Å². The van der Waals surface area contributed by atoms with Crippen molar-refractivity contribution >= 4 is 23.5 Å². The van der Waals surface area contributed by atoms with Crippen LogP contribution in [0.2, 0.25) is 0 Å². The number of piperidine rings is 1. The fourth-order valence-corrected chi connectivity index (χ4v) is 3.84. The zero-order valence-corrected chi connectivity index (χ0v) is 16.0. The summed E-state index contributed by atoms with van der Waals surface area (Å²) < 4.78 is 0. The summed E-state index contributed by atoms with van der Waals surface area (Å²) >= 11 is 1.68. The molecule has 136 valence electrons. The lowest BCUT2D eigenvalue weighted by Crippen LogP contribution is -2.42. The molecule has 0 saturated carbocycles. The lowest BCUT2D eigenvalue weighted by Gasteiger charge is -2.32. The van der Waals surface area contributed by atoms with Gasteiger partial charge in [-0.25, -0.2) is 0 Å². The monoisotopic (exact) mass is 367 g/mol. The maximum absolute atomic E-state index is 12.9. The van der Waals surface area contributed by atoms with E-state index < -0.39 is 0 Å². The first-order chi connectivity index (χ1) is 12.7. The Balaban J connectivity index is 1.66. The number of carbonyl (C=O) groups excluding carboxylic acids is 2. The summed E-state index contributed by atoms with van der Waals surface area (Å²) in [7, 11) is 0. The highest BCUT2D eigenvalue weighted by atomic mass is 32.2. The highest BCUT2D eigenvalue weighted by molar-refractivity contribution is 7.98. The van der Waals surface area contributed by atoms with Crippen LogP contribution in [0.5, 0.6) is 0 Å². The largest absolute Gasteiger partial charge is 0.342 e. The molecule has 0 aromatic heterocycles. The van der Waals surface area contributed by atoms with E-state index in [1.54, 1.807) is 11.8 Å². The molecule has 0 spiro atoms. The van der Waals surface area contributed by atoms with Gasteiger partial charge in [0.1, 0.15) is 0 Å². The van der Waals surface area contributed by atoms with E-state index in [2.05, 4.69) is 12.1 Å². The van der Waals surface area contributed by atoms with Crippen LogP contribution < -0.4 is 0 Å². The van der Waals surface area contributed by atoms with Crippen LogP contribution in [-0.4, -0.2) is 41.7 Å². The van der Waals surface area contributed by atoms with Crippen LogP contribution >= 0.6 is 11.8 Å². The molecular weight excluding hydrogens is 342 g/mol. The second-order valence-electron chi connectivity index (χ2n) is 6.73. The van der Waals surface area contributed by atoms with Crippen molar-refractivity contribution in [1.29, 1.82) is 0 Å². The Morgan fingerprint density at radius 3 is 2.42 bits per heavy atom. The number of nitrogens with zero attached hydrogens (tertiary/aromatic N) is 1. The molecular formula is C22H25NO2S. The molecule has 0 radical (unpaired) electrons. The van der Waals surface area contributed by atoms with Crippen molar-refractivity contribution in [2.24, 2.45) is 5.92 Å². The van der Waals surface area contributed by atoms with E-state index in [0.717, 1.165) is 41.8 Å². The van der Waals surface area contributed by atoms with Crippen LogP contribution in [-0.2, 0) is 4.79 Å². The minimum atomic E-state index is -0.0791. The van der Waals surface area contributed by atoms with Crippen molar-refractivity contribution < 1.29 is 9.59 Å². The third-order valence-electron chi connectivity index (χ3n) is 4.94. The van der Waals surface area contributed by atoms with Gasteiger partial charge in [0.2, 0.25) is 5.91 Å². The van der Waals surface area contributed by atoms with Gasteiger partial charge < -0.3 is 4.90 Å². The number of ketones is 1. The van der Waals surface area contributed by atoms with E-state index in [1.165, 1.54) is 0 Å². The van der Waals surface area contributed by atoms with Crippen LogP contribution in [0.15, 0.2) is 54.6 Å². The number of hydrogen-bond acceptors (Lipinski definition) is 3. The van der Waals surface area contributed by atoms with E-state index in [1.807, 2.05) is 53.6 Å². The summed E-state index contributed by atoms with van der Waals surface area (Å²) in [5, 5.41) is 0. The van der Waals surface area contributed by atoms with Gasteiger partial charge in [-0.1, -0.05) is 54.6 Å². The fraction of sp³-hybridized carbons (Fsp3) is 0.364. The van der Waals surface area contributed by atoms with Crippen LogP contribution in [0.4, 0.5) is 0 Å².